The Labute approximate surface area is 84.5 Å². The topological polar surface area (TPSA) is 44.8 Å². The molecule has 0 unspecified atom stereocenters. The summed E-state index contributed by atoms with van der Waals surface area (Å²) < 4.78 is 15.7. The maximum Gasteiger partial charge on any atom is 0.314 e. The van der Waals surface area contributed by atoms with E-state index < -0.39 is 6.29 Å². The minimum Gasteiger partial charge on any atom is -0.466 e. The fourth-order valence-corrected chi connectivity index (χ4v) is 1.62. The molecule has 0 spiro atoms. The van der Waals surface area contributed by atoms with Crippen molar-refractivity contribution in [2.45, 2.75) is 27.1 Å². The van der Waals surface area contributed by atoms with E-state index in [9.17, 15) is 4.79 Å². The standard InChI is InChI=1S/C10H18O4/c1-4-12-9(11)8-7(3)6-14-10(8)13-5-2/h7-8,10H,4-6H2,1-3H3/t7-,8+,10-/m1/s1. The molecule has 0 aromatic rings. The second-order valence-corrected chi connectivity index (χ2v) is 3.41. The highest BCUT2D eigenvalue weighted by Gasteiger charge is 2.41. The van der Waals surface area contributed by atoms with Gasteiger partial charge in [-0.2, -0.15) is 0 Å². The van der Waals surface area contributed by atoms with E-state index in [1.807, 2.05) is 13.8 Å². The van der Waals surface area contributed by atoms with Crippen LogP contribution in [0.5, 0.6) is 0 Å². The molecule has 4 nitrogen and oxygen atoms in total. The summed E-state index contributed by atoms with van der Waals surface area (Å²) in [5.41, 5.74) is 0. The molecule has 0 saturated carbocycles. The molecular weight excluding hydrogens is 184 g/mol. The molecular formula is C10H18O4. The molecule has 1 rings (SSSR count). The van der Waals surface area contributed by atoms with E-state index in [2.05, 4.69) is 0 Å². The van der Waals surface area contributed by atoms with Crippen LogP contribution in [-0.4, -0.2) is 32.1 Å². The molecule has 0 N–H and O–H groups in total. The van der Waals surface area contributed by atoms with Gasteiger partial charge in [0, 0.05) is 6.61 Å². The van der Waals surface area contributed by atoms with Crippen LogP contribution in [0.1, 0.15) is 20.8 Å². The highest BCUT2D eigenvalue weighted by atomic mass is 16.7. The quantitative estimate of drug-likeness (QED) is 0.642. The van der Waals surface area contributed by atoms with E-state index >= 15 is 0 Å². The molecule has 0 aromatic carbocycles. The van der Waals surface area contributed by atoms with Gasteiger partial charge in [-0.15, -0.1) is 0 Å². The van der Waals surface area contributed by atoms with Crippen LogP contribution in [0.4, 0.5) is 0 Å². The van der Waals surface area contributed by atoms with Crippen LogP contribution >= 0.6 is 0 Å². The first-order valence-electron chi connectivity index (χ1n) is 5.10. The first-order chi connectivity index (χ1) is 6.70. The lowest BCUT2D eigenvalue weighted by Crippen LogP contribution is -2.31. The van der Waals surface area contributed by atoms with Crippen LogP contribution in [0.3, 0.4) is 0 Å². The van der Waals surface area contributed by atoms with Crippen LogP contribution in [0.15, 0.2) is 0 Å². The Bertz CT molecular complexity index is 191. The zero-order valence-corrected chi connectivity index (χ0v) is 8.99. The summed E-state index contributed by atoms with van der Waals surface area (Å²) in [5.74, 6) is -0.309. The van der Waals surface area contributed by atoms with E-state index in [1.54, 1.807) is 6.92 Å². The second kappa shape index (κ2) is 5.32. The predicted octanol–water partition coefficient (Wildman–Crippen LogP) is 1.19. The molecule has 0 radical (unpaired) electrons. The van der Waals surface area contributed by atoms with E-state index in [4.69, 9.17) is 14.2 Å². The Kier molecular flexibility index (Phi) is 4.35. The van der Waals surface area contributed by atoms with Crippen LogP contribution in [0.25, 0.3) is 0 Å². The predicted molar refractivity (Wildman–Crippen MR) is 50.7 cm³/mol. The van der Waals surface area contributed by atoms with Gasteiger partial charge >= 0.3 is 5.97 Å². The summed E-state index contributed by atoms with van der Waals surface area (Å²) in [6.45, 7) is 7.17. The fourth-order valence-electron chi connectivity index (χ4n) is 1.62. The number of rotatable bonds is 4. The minimum atomic E-state index is -0.422. The van der Waals surface area contributed by atoms with Gasteiger partial charge in [-0.25, -0.2) is 0 Å². The maximum atomic E-state index is 11.6. The zero-order chi connectivity index (χ0) is 10.6. The van der Waals surface area contributed by atoms with Crippen molar-refractivity contribution in [2.75, 3.05) is 19.8 Å². The molecule has 1 aliphatic rings. The SMILES string of the molecule is CCOC(=O)[C@H]1[C@H](OCC)OC[C@H]1C. The van der Waals surface area contributed by atoms with Crippen molar-refractivity contribution in [2.24, 2.45) is 11.8 Å². The van der Waals surface area contributed by atoms with E-state index in [1.165, 1.54) is 0 Å². The van der Waals surface area contributed by atoms with Crippen molar-refractivity contribution in [1.82, 2.24) is 0 Å². The van der Waals surface area contributed by atoms with Gasteiger partial charge in [0.05, 0.1) is 13.2 Å². The third kappa shape index (κ3) is 2.45. The molecule has 0 amide bonds. The number of hydrogen-bond acceptors (Lipinski definition) is 4. The monoisotopic (exact) mass is 202 g/mol. The Morgan fingerprint density at radius 1 is 1.43 bits per heavy atom. The lowest BCUT2D eigenvalue weighted by atomic mass is 9.97. The Morgan fingerprint density at radius 3 is 2.71 bits per heavy atom. The lowest BCUT2D eigenvalue weighted by Gasteiger charge is -2.18. The summed E-state index contributed by atoms with van der Waals surface area (Å²) in [7, 11) is 0. The van der Waals surface area contributed by atoms with E-state index in [0.717, 1.165) is 0 Å². The van der Waals surface area contributed by atoms with Gasteiger partial charge in [0.15, 0.2) is 6.29 Å². The van der Waals surface area contributed by atoms with Crippen LogP contribution in [0.2, 0.25) is 0 Å². The average molecular weight is 202 g/mol. The summed E-state index contributed by atoms with van der Waals surface area (Å²) in [6, 6.07) is 0. The number of esters is 1. The molecule has 82 valence electrons. The second-order valence-electron chi connectivity index (χ2n) is 3.41. The van der Waals surface area contributed by atoms with Crippen molar-refractivity contribution < 1.29 is 19.0 Å². The Morgan fingerprint density at radius 2 is 2.14 bits per heavy atom. The minimum absolute atomic E-state index is 0.172. The van der Waals surface area contributed by atoms with Gasteiger partial charge in [0.2, 0.25) is 0 Å². The van der Waals surface area contributed by atoms with E-state index in [0.29, 0.717) is 19.8 Å². The first kappa shape index (κ1) is 11.5. The van der Waals surface area contributed by atoms with Gasteiger partial charge in [-0.3, -0.25) is 4.79 Å². The van der Waals surface area contributed by atoms with Crippen molar-refractivity contribution >= 4 is 5.97 Å². The molecule has 1 heterocycles. The van der Waals surface area contributed by atoms with Crippen molar-refractivity contribution in [3.05, 3.63) is 0 Å². The molecule has 0 aromatic heterocycles. The van der Waals surface area contributed by atoms with E-state index in [-0.39, 0.29) is 17.8 Å². The third-order valence-electron chi connectivity index (χ3n) is 2.32. The molecule has 0 bridgehead atoms. The molecule has 0 aliphatic carbocycles. The number of ether oxygens (including phenoxy) is 3. The largest absolute Gasteiger partial charge is 0.466 e. The number of carbonyl (C=O) groups is 1. The maximum absolute atomic E-state index is 11.6. The fraction of sp³-hybridized carbons (Fsp3) is 0.900. The smallest absolute Gasteiger partial charge is 0.314 e. The highest BCUT2D eigenvalue weighted by Crippen LogP contribution is 2.28. The Balaban J connectivity index is 2.56. The third-order valence-corrected chi connectivity index (χ3v) is 2.32. The van der Waals surface area contributed by atoms with Crippen LogP contribution in [0, 0.1) is 11.8 Å². The van der Waals surface area contributed by atoms with Gasteiger partial charge in [0.1, 0.15) is 5.92 Å². The van der Waals surface area contributed by atoms with Crippen LogP contribution in [-0.2, 0) is 19.0 Å². The van der Waals surface area contributed by atoms with Crippen LogP contribution < -0.4 is 0 Å². The van der Waals surface area contributed by atoms with Crippen molar-refractivity contribution in [1.29, 1.82) is 0 Å². The molecule has 3 atom stereocenters. The molecule has 1 aliphatic heterocycles. The lowest BCUT2D eigenvalue weighted by molar-refractivity contribution is -0.168. The molecule has 1 fully saturated rings. The normalized spacial score (nSPS) is 31.8. The number of carbonyl (C=O) groups excluding carboxylic acids is 1. The zero-order valence-electron chi connectivity index (χ0n) is 8.99. The summed E-state index contributed by atoms with van der Waals surface area (Å²) in [6.07, 6.45) is -0.422. The molecule has 14 heavy (non-hydrogen) atoms. The molecule has 4 heteroatoms. The van der Waals surface area contributed by atoms with Gasteiger partial charge in [0.25, 0.3) is 0 Å². The average Bonchev–Trinajstić information content (AvgIpc) is 2.48. The highest BCUT2D eigenvalue weighted by molar-refractivity contribution is 5.73. The first-order valence-corrected chi connectivity index (χ1v) is 5.10. The van der Waals surface area contributed by atoms with Gasteiger partial charge < -0.3 is 14.2 Å². The van der Waals surface area contributed by atoms with Crippen molar-refractivity contribution in [3.63, 3.8) is 0 Å². The van der Waals surface area contributed by atoms with Crippen molar-refractivity contribution in [3.8, 4) is 0 Å². The van der Waals surface area contributed by atoms with Gasteiger partial charge in [-0.05, 0) is 19.8 Å². The molecule has 1 saturated heterocycles. The van der Waals surface area contributed by atoms with Gasteiger partial charge in [-0.1, -0.05) is 6.92 Å². The summed E-state index contributed by atoms with van der Waals surface area (Å²) in [5, 5.41) is 0. The summed E-state index contributed by atoms with van der Waals surface area (Å²) in [4.78, 5) is 11.6. The Hall–Kier alpha value is -0.610. The summed E-state index contributed by atoms with van der Waals surface area (Å²) >= 11 is 0. The number of hydrogen-bond donors (Lipinski definition) is 0.